The first-order chi connectivity index (χ1) is 6.27. The van der Waals surface area contributed by atoms with Crippen molar-refractivity contribution in [1.82, 2.24) is 5.43 Å². The molecule has 1 unspecified atom stereocenters. The number of hydrogen-bond donors (Lipinski definition) is 1. The van der Waals surface area contributed by atoms with Crippen LogP contribution >= 0.6 is 11.6 Å². The third kappa shape index (κ3) is 1.68. The number of nitrogens with zero attached hydrogens (tertiary/aromatic N) is 1. The molecule has 1 heterocycles. The monoisotopic (exact) mass is 194 g/mol. The Labute approximate surface area is 82.6 Å². The largest absolute Gasteiger partial charge is 0.301 e. The zero-order chi connectivity index (χ0) is 9.26. The lowest BCUT2D eigenvalue weighted by Crippen LogP contribution is -2.10. The van der Waals surface area contributed by atoms with Gasteiger partial charge in [0.05, 0.1) is 6.04 Å². The second-order valence-corrected chi connectivity index (χ2v) is 3.67. The number of halogens is 1. The number of hydrogen-bond acceptors (Lipinski definition) is 2. The lowest BCUT2D eigenvalue weighted by atomic mass is 10.0. The Morgan fingerprint density at radius 3 is 2.85 bits per heavy atom. The van der Waals surface area contributed by atoms with Gasteiger partial charge >= 0.3 is 0 Å². The minimum absolute atomic E-state index is 0.258. The van der Waals surface area contributed by atoms with Gasteiger partial charge in [0.15, 0.2) is 0 Å². The average molecular weight is 195 g/mol. The molecular weight excluding hydrogens is 184 g/mol. The summed E-state index contributed by atoms with van der Waals surface area (Å²) in [6, 6.07) is 8.54. The van der Waals surface area contributed by atoms with Crippen molar-refractivity contribution in [2.45, 2.75) is 19.4 Å². The van der Waals surface area contributed by atoms with Crippen LogP contribution in [0.4, 0.5) is 0 Å². The summed E-state index contributed by atoms with van der Waals surface area (Å²) >= 11 is 5.80. The summed E-state index contributed by atoms with van der Waals surface area (Å²) in [6.07, 6.45) is 0.798. The van der Waals surface area contributed by atoms with Crippen LogP contribution in [-0.4, -0.2) is 5.17 Å². The van der Waals surface area contributed by atoms with Crippen molar-refractivity contribution in [2.75, 3.05) is 0 Å². The van der Waals surface area contributed by atoms with Crippen molar-refractivity contribution in [1.29, 1.82) is 0 Å². The minimum Gasteiger partial charge on any atom is -0.301 e. The zero-order valence-electron chi connectivity index (χ0n) is 7.42. The molecule has 1 aliphatic heterocycles. The highest BCUT2D eigenvalue weighted by Gasteiger charge is 2.19. The molecule has 2 rings (SSSR count). The van der Waals surface area contributed by atoms with Crippen molar-refractivity contribution < 1.29 is 0 Å². The summed E-state index contributed by atoms with van der Waals surface area (Å²) in [6.45, 7) is 2.10. The molecule has 0 spiro atoms. The lowest BCUT2D eigenvalue weighted by molar-refractivity contribution is 0.617. The predicted molar refractivity (Wildman–Crippen MR) is 55.0 cm³/mol. The SMILES string of the molecule is Cc1ccccc1C1CC(Cl)=NN1. The summed E-state index contributed by atoms with van der Waals surface area (Å²) in [7, 11) is 0. The highest BCUT2D eigenvalue weighted by atomic mass is 35.5. The minimum atomic E-state index is 0.258. The Balaban J connectivity index is 2.23. The highest BCUT2D eigenvalue weighted by molar-refractivity contribution is 6.65. The molecule has 0 fully saturated rings. The number of aryl methyl sites for hydroxylation is 1. The van der Waals surface area contributed by atoms with E-state index in [9.17, 15) is 0 Å². The van der Waals surface area contributed by atoms with E-state index in [4.69, 9.17) is 11.6 Å². The molecule has 0 amide bonds. The smallest absolute Gasteiger partial charge is 0.128 e. The first-order valence-electron chi connectivity index (χ1n) is 4.30. The van der Waals surface area contributed by atoms with E-state index < -0.39 is 0 Å². The Kier molecular flexibility index (Phi) is 2.23. The van der Waals surface area contributed by atoms with Gasteiger partial charge < -0.3 is 5.43 Å². The van der Waals surface area contributed by atoms with Crippen molar-refractivity contribution in [3.63, 3.8) is 0 Å². The van der Waals surface area contributed by atoms with E-state index in [0.717, 1.165) is 6.42 Å². The molecule has 0 aliphatic carbocycles. The molecule has 13 heavy (non-hydrogen) atoms. The van der Waals surface area contributed by atoms with E-state index in [0.29, 0.717) is 5.17 Å². The standard InChI is InChI=1S/C10H11ClN2/c1-7-4-2-3-5-8(7)9-6-10(11)13-12-9/h2-5,9,12H,6H2,1H3. The molecule has 1 atom stereocenters. The van der Waals surface area contributed by atoms with Gasteiger partial charge in [0.2, 0.25) is 0 Å². The van der Waals surface area contributed by atoms with E-state index in [1.807, 2.05) is 12.1 Å². The van der Waals surface area contributed by atoms with Gasteiger partial charge in [0.1, 0.15) is 5.17 Å². The van der Waals surface area contributed by atoms with Crippen molar-refractivity contribution in [3.05, 3.63) is 35.4 Å². The molecule has 0 bridgehead atoms. The maximum absolute atomic E-state index is 5.80. The van der Waals surface area contributed by atoms with E-state index in [1.54, 1.807) is 0 Å². The topological polar surface area (TPSA) is 24.4 Å². The predicted octanol–water partition coefficient (Wildman–Crippen LogP) is 2.58. The van der Waals surface area contributed by atoms with Crippen molar-refractivity contribution >= 4 is 16.8 Å². The fourth-order valence-corrected chi connectivity index (χ4v) is 1.77. The first kappa shape index (κ1) is 8.57. The Bertz CT molecular complexity index is 347. The van der Waals surface area contributed by atoms with Crippen LogP contribution in [0.2, 0.25) is 0 Å². The molecule has 1 aromatic carbocycles. The van der Waals surface area contributed by atoms with Crippen LogP contribution in [0, 0.1) is 6.92 Å². The van der Waals surface area contributed by atoms with E-state index in [1.165, 1.54) is 11.1 Å². The van der Waals surface area contributed by atoms with Gasteiger partial charge in [-0.2, -0.15) is 5.10 Å². The Hall–Kier alpha value is -1.02. The maximum atomic E-state index is 5.80. The molecule has 3 heteroatoms. The van der Waals surface area contributed by atoms with E-state index in [2.05, 4.69) is 29.6 Å². The van der Waals surface area contributed by atoms with Crippen LogP contribution in [0.1, 0.15) is 23.6 Å². The molecule has 1 N–H and O–H groups in total. The third-order valence-electron chi connectivity index (χ3n) is 2.28. The lowest BCUT2D eigenvalue weighted by Gasteiger charge is -2.12. The normalized spacial score (nSPS) is 21.1. The number of nitrogens with one attached hydrogen (secondary N) is 1. The molecule has 68 valence electrons. The highest BCUT2D eigenvalue weighted by Crippen LogP contribution is 2.25. The fraction of sp³-hybridized carbons (Fsp3) is 0.300. The van der Waals surface area contributed by atoms with Crippen LogP contribution in [0.5, 0.6) is 0 Å². The molecule has 0 radical (unpaired) electrons. The molecular formula is C10H11ClN2. The summed E-state index contributed by atoms with van der Waals surface area (Å²) in [5.41, 5.74) is 5.58. The fourth-order valence-electron chi connectivity index (χ4n) is 1.56. The molecule has 1 aliphatic rings. The van der Waals surface area contributed by atoms with Crippen LogP contribution in [0.3, 0.4) is 0 Å². The number of benzene rings is 1. The molecule has 0 aromatic heterocycles. The molecule has 1 aromatic rings. The molecule has 0 saturated heterocycles. The zero-order valence-corrected chi connectivity index (χ0v) is 8.17. The summed E-state index contributed by atoms with van der Waals surface area (Å²) < 4.78 is 0. The Morgan fingerprint density at radius 1 is 1.46 bits per heavy atom. The summed E-state index contributed by atoms with van der Waals surface area (Å²) in [4.78, 5) is 0. The molecule has 0 saturated carbocycles. The van der Waals surface area contributed by atoms with Crippen LogP contribution in [0.15, 0.2) is 29.4 Å². The summed E-state index contributed by atoms with van der Waals surface area (Å²) in [5, 5.41) is 4.63. The second kappa shape index (κ2) is 3.38. The van der Waals surface area contributed by atoms with E-state index >= 15 is 0 Å². The van der Waals surface area contributed by atoms with Gasteiger partial charge in [-0.1, -0.05) is 35.9 Å². The summed E-state index contributed by atoms with van der Waals surface area (Å²) in [5.74, 6) is 0. The van der Waals surface area contributed by atoms with Crippen LogP contribution in [0.25, 0.3) is 0 Å². The second-order valence-electron chi connectivity index (χ2n) is 3.23. The average Bonchev–Trinajstić information content (AvgIpc) is 2.53. The third-order valence-corrected chi connectivity index (χ3v) is 2.52. The van der Waals surface area contributed by atoms with Crippen LogP contribution in [-0.2, 0) is 0 Å². The van der Waals surface area contributed by atoms with Gasteiger partial charge in [-0.05, 0) is 18.1 Å². The van der Waals surface area contributed by atoms with E-state index in [-0.39, 0.29) is 6.04 Å². The number of hydrazone groups is 1. The quantitative estimate of drug-likeness (QED) is 0.730. The van der Waals surface area contributed by atoms with Crippen molar-refractivity contribution in [2.24, 2.45) is 5.10 Å². The van der Waals surface area contributed by atoms with Gasteiger partial charge in [-0.25, -0.2) is 0 Å². The van der Waals surface area contributed by atoms with Gasteiger partial charge in [0.25, 0.3) is 0 Å². The Morgan fingerprint density at radius 2 is 2.23 bits per heavy atom. The van der Waals surface area contributed by atoms with Crippen molar-refractivity contribution in [3.8, 4) is 0 Å². The van der Waals surface area contributed by atoms with Crippen LogP contribution < -0.4 is 5.43 Å². The number of rotatable bonds is 1. The molecule has 2 nitrogen and oxygen atoms in total. The first-order valence-corrected chi connectivity index (χ1v) is 4.68. The van der Waals surface area contributed by atoms with Gasteiger partial charge in [-0.3, -0.25) is 0 Å². The maximum Gasteiger partial charge on any atom is 0.128 e. The van der Waals surface area contributed by atoms with Gasteiger partial charge in [0, 0.05) is 6.42 Å². The van der Waals surface area contributed by atoms with Gasteiger partial charge in [-0.15, -0.1) is 0 Å².